The highest BCUT2D eigenvalue weighted by atomic mass is 32.1. The zero-order chi connectivity index (χ0) is 66.6. The van der Waals surface area contributed by atoms with Gasteiger partial charge in [0.2, 0.25) is 47.3 Å². The van der Waals surface area contributed by atoms with Crippen LogP contribution in [0.2, 0.25) is 0 Å². The summed E-state index contributed by atoms with van der Waals surface area (Å²) in [6.45, 7) is 19.7. The van der Waals surface area contributed by atoms with Crippen molar-refractivity contribution in [3.8, 4) is 0 Å². The Labute approximate surface area is 527 Å². The number of nitrogens with one attached hydrogen (secondary N) is 8. The predicted molar refractivity (Wildman–Crippen MR) is 335 cm³/mol. The number of aromatic nitrogens is 2. The lowest BCUT2D eigenvalue weighted by Gasteiger charge is -2.21. The van der Waals surface area contributed by atoms with Crippen LogP contribution in [-0.4, -0.2) is 186 Å². The summed E-state index contributed by atoms with van der Waals surface area (Å²) in [5.41, 5.74) is 2.07. The van der Waals surface area contributed by atoms with Gasteiger partial charge in [0.25, 0.3) is 0 Å². The monoisotopic (exact) mass is 1280 g/mol. The number of carbonyl (C=O) groups excluding carboxylic acids is 8. The van der Waals surface area contributed by atoms with Gasteiger partial charge in [-0.2, -0.15) is 25.3 Å². The van der Waals surface area contributed by atoms with Crippen molar-refractivity contribution in [2.45, 2.75) is 163 Å². The molecule has 2 atom stereocenters. The van der Waals surface area contributed by atoms with Crippen molar-refractivity contribution in [1.82, 2.24) is 67.7 Å². The first-order valence-corrected chi connectivity index (χ1v) is 30.7. The Morgan fingerprint density at radius 3 is 1.60 bits per heavy atom. The number of carboxylic acid groups (broad SMARTS) is 2. The van der Waals surface area contributed by atoms with E-state index in [1.54, 1.807) is 24.3 Å². The molecule has 2 aromatic rings. The molecule has 0 aliphatic rings. The molecule has 30 heteroatoms. The fourth-order valence-electron chi connectivity index (χ4n) is 7.56. The van der Waals surface area contributed by atoms with Gasteiger partial charge < -0.3 is 52.7 Å². The second kappa shape index (κ2) is 48.0. The van der Waals surface area contributed by atoms with Crippen molar-refractivity contribution in [3.05, 3.63) is 71.4 Å². The zero-order valence-corrected chi connectivity index (χ0v) is 53.8. The van der Waals surface area contributed by atoms with Crippen LogP contribution in [0.25, 0.3) is 0 Å². The first-order valence-electron chi connectivity index (χ1n) is 29.4. The van der Waals surface area contributed by atoms with Crippen LogP contribution in [0.4, 0.5) is 0 Å². The molecule has 0 saturated carbocycles. The van der Waals surface area contributed by atoms with Gasteiger partial charge in [-0.3, -0.25) is 54.0 Å². The molecule has 0 bridgehead atoms. The third-order valence-electron chi connectivity index (χ3n) is 12.3. The van der Waals surface area contributed by atoms with Crippen molar-refractivity contribution in [2.75, 3.05) is 57.4 Å². The highest BCUT2D eigenvalue weighted by molar-refractivity contribution is 7.81. The van der Waals surface area contributed by atoms with Crippen molar-refractivity contribution in [1.29, 1.82) is 0 Å². The highest BCUT2D eigenvalue weighted by Gasteiger charge is 2.18. The number of hydroxylamine groups is 6. The zero-order valence-electron chi connectivity index (χ0n) is 52.0. The average Bonchev–Trinajstić information content (AvgIpc) is 3.26. The summed E-state index contributed by atoms with van der Waals surface area (Å²) in [6.07, 6.45) is 5.97. The molecular weight excluding hydrogens is 1180 g/mol. The Morgan fingerprint density at radius 1 is 0.568 bits per heavy atom. The van der Waals surface area contributed by atoms with E-state index in [9.17, 15) is 63.6 Å². The van der Waals surface area contributed by atoms with Gasteiger partial charge in [-0.15, -0.1) is 0 Å². The third-order valence-corrected chi connectivity index (χ3v) is 12.9. The molecule has 0 aromatic carbocycles. The molecule has 0 radical (unpaired) electrons. The quantitative estimate of drug-likeness (QED) is 0.0149. The number of nitrogens with zero attached hydrogens (tertiary/aromatic N) is 5. The highest BCUT2D eigenvalue weighted by Crippen LogP contribution is 2.09. The van der Waals surface area contributed by atoms with Crippen LogP contribution in [0.3, 0.4) is 0 Å². The van der Waals surface area contributed by atoms with E-state index in [2.05, 4.69) is 98.2 Å². The molecule has 0 spiro atoms. The Kier molecular flexibility index (Phi) is 44.2. The number of unbranched alkanes of at least 4 members (excludes halogenated alkanes) is 4. The van der Waals surface area contributed by atoms with Crippen molar-refractivity contribution < 1.29 is 73.8 Å². The van der Waals surface area contributed by atoms with Gasteiger partial charge in [-0.1, -0.05) is 46.4 Å². The Balaban J connectivity index is 0.00000137. The molecule has 0 fully saturated rings. The van der Waals surface area contributed by atoms with E-state index < -0.39 is 29.7 Å². The van der Waals surface area contributed by atoms with Gasteiger partial charge in [0, 0.05) is 115 Å². The topological polar surface area (TPSA) is 404 Å². The minimum atomic E-state index is -1.04. The molecule has 2 aromatic heterocycles. The number of carboxylic acids is 2. The van der Waals surface area contributed by atoms with Crippen LogP contribution in [0.5, 0.6) is 0 Å². The van der Waals surface area contributed by atoms with Crippen molar-refractivity contribution >= 4 is 84.5 Å². The summed E-state index contributed by atoms with van der Waals surface area (Å²) in [7, 11) is 0. The fraction of sp³-hybridized carbons (Fsp3) is 0.621. The van der Waals surface area contributed by atoms with Gasteiger partial charge in [0.15, 0.2) is 0 Å². The Hall–Kier alpha value is -6.96. The molecule has 13 N–H and O–H groups in total. The van der Waals surface area contributed by atoms with E-state index in [1.165, 1.54) is 12.1 Å². The summed E-state index contributed by atoms with van der Waals surface area (Å²) < 4.78 is 0. The standard InChI is InChI=1S/C26H48N6O8.C20H26N4O4.C12H23N3O3S2/c1-20(2)26(37)28-16-8-6-10-17-30(38)24(35)13-11-21(3)27-15-7-5-9-18-31(39)25(36)14-12-23(34)29-19-32(40)22(4)33;1-13(2)9-16(22-12-15-6-4-8-18(24-15)20(27)28)11-21-10-14-5-3-7-17(23-14)19(25)26;1-8(2)14-10(16)4-3-9(15-12(18)7-20)5-13-11(17)6-19/h20,27,38-40H,3,5-19H2,1-2,4H3,(H,28,37)(H,29,34);3-8,13,16,21-22H,9-12H2,1-2H3,(H,25,26)(H,27,28);8-9,19-20H,3-7H2,1-2H3,(H,13,17)(H,14,16)(H,15,18). The number of amides is 8. The minimum Gasteiger partial charge on any atom is -0.477 e. The van der Waals surface area contributed by atoms with Crippen LogP contribution in [-0.2, 0) is 51.4 Å². The molecular formula is C58H97N13O15S2. The molecule has 0 aliphatic carbocycles. The molecule has 2 rings (SSSR count). The second-order valence-corrected chi connectivity index (χ2v) is 22.1. The molecule has 0 aliphatic heterocycles. The summed E-state index contributed by atoms with van der Waals surface area (Å²) in [4.78, 5) is 122. The number of hydrogen-bond acceptors (Lipinski definition) is 20. The van der Waals surface area contributed by atoms with Crippen LogP contribution < -0.4 is 42.5 Å². The first-order chi connectivity index (χ1) is 41.6. The fourth-order valence-corrected chi connectivity index (χ4v) is 7.76. The maximum atomic E-state index is 12.1. The summed E-state index contributed by atoms with van der Waals surface area (Å²) in [5, 5.41) is 71.7. The normalized spacial score (nSPS) is 11.4. The SMILES string of the molecule is C=C(CCC(=O)N(O)CCCCCNC(=O)C(C)C)NCCCCCN(O)C(=O)CCC(=O)NCN(O)C(C)=O.CC(C)CC(CNCc1cccc(C(=O)O)n1)NCc1cccc(C(=O)O)n1.CC(C)NC(=O)CCC(CNC(=O)CS)NC(=O)CS. The van der Waals surface area contributed by atoms with E-state index in [-0.39, 0.29) is 128 Å². The average molecular weight is 1280 g/mol. The molecule has 2 heterocycles. The Bertz CT molecular complexity index is 2480. The molecule has 88 heavy (non-hydrogen) atoms. The summed E-state index contributed by atoms with van der Waals surface area (Å²) in [6, 6.07) is 9.81. The molecule has 496 valence electrons. The molecule has 28 nitrogen and oxygen atoms in total. The molecule has 8 amide bonds. The van der Waals surface area contributed by atoms with E-state index in [4.69, 9.17) is 10.2 Å². The number of aromatic carboxylic acids is 2. The number of thiol groups is 2. The van der Waals surface area contributed by atoms with E-state index in [0.717, 1.165) is 37.7 Å². The molecule has 0 saturated heterocycles. The van der Waals surface area contributed by atoms with Crippen molar-refractivity contribution in [2.24, 2.45) is 11.8 Å². The second-order valence-electron chi connectivity index (χ2n) is 21.4. The summed E-state index contributed by atoms with van der Waals surface area (Å²) >= 11 is 7.73. The van der Waals surface area contributed by atoms with Crippen molar-refractivity contribution in [3.63, 3.8) is 0 Å². The van der Waals surface area contributed by atoms with Gasteiger partial charge in [-0.05, 0) is 102 Å². The maximum Gasteiger partial charge on any atom is 0.354 e. The lowest BCUT2D eigenvalue weighted by molar-refractivity contribution is -0.167. The van der Waals surface area contributed by atoms with Gasteiger partial charge >= 0.3 is 11.9 Å². The number of hydrogen-bond donors (Lipinski definition) is 15. The number of carbonyl (C=O) groups is 10. The van der Waals surface area contributed by atoms with Gasteiger partial charge in [0.1, 0.15) is 18.1 Å². The van der Waals surface area contributed by atoms with Crippen LogP contribution in [0.15, 0.2) is 48.7 Å². The largest absolute Gasteiger partial charge is 0.477 e. The molecule has 2 unspecified atom stereocenters. The number of rotatable bonds is 42. The predicted octanol–water partition coefficient (Wildman–Crippen LogP) is 3.43. The maximum absolute atomic E-state index is 12.1. The first kappa shape index (κ1) is 81.0. The van der Waals surface area contributed by atoms with E-state index in [1.807, 2.05) is 27.7 Å². The van der Waals surface area contributed by atoms with Crippen LogP contribution in [0, 0.1) is 11.8 Å². The third kappa shape index (κ3) is 42.0. The summed E-state index contributed by atoms with van der Waals surface area (Å²) in [5.74, 6) is -4.19. The number of pyridine rings is 2. The van der Waals surface area contributed by atoms with Crippen LogP contribution >= 0.6 is 25.3 Å². The Morgan fingerprint density at radius 2 is 1.10 bits per heavy atom. The number of allylic oxidation sites excluding steroid dienone is 1. The van der Waals surface area contributed by atoms with Gasteiger partial charge in [0.05, 0.1) is 22.9 Å². The smallest absolute Gasteiger partial charge is 0.354 e. The lowest BCUT2D eigenvalue weighted by Crippen LogP contribution is -2.45. The minimum absolute atomic E-state index is 0.0122. The van der Waals surface area contributed by atoms with E-state index >= 15 is 0 Å². The lowest BCUT2D eigenvalue weighted by atomic mass is 10.0. The van der Waals surface area contributed by atoms with Gasteiger partial charge in [-0.25, -0.2) is 34.7 Å². The van der Waals surface area contributed by atoms with E-state index in [0.29, 0.717) is 98.0 Å². The van der Waals surface area contributed by atoms with Crippen LogP contribution in [0.1, 0.15) is 164 Å².